The minimum atomic E-state index is -0.135. The zero-order chi connectivity index (χ0) is 11.5. The molecule has 3 nitrogen and oxygen atoms in total. The molecule has 1 aromatic rings. The number of amides is 2. The molecule has 0 saturated heterocycles. The fraction of sp³-hybridized carbons (Fsp3) is 0.333. The van der Waals surface area contributed by atoms with Gasteiger partial charge in [0, 0.05) is 0 Å². The van der Waals surface area contributed by atoms with E-state index in [1.165, 1.54) is 4.90 Å². The van der Waals surface area contributed by atoms with E-state index in [0.717, 1.165) is 11.7 Å². The fourth-order valence-electron chi connectivity index (χ4n) is 1.81. The van der Waals surface area contributed by atoms with Crippen molar-refractivity contribution < 1.29 is 9.59 Å². The molecular formula is C12H13NO2Se. The summed E-state index contributed by atoms with van der Waals surface area (Å²) in [6.45, 7) is 0.557. The number of rotatable bonds is 4. The standard InChI is InChI=1S/C12H13NO2Se/c1-16-8-4-7-13-11(14)9-5-2-3-6-10(9)12(13)15/h2-3,5-6H,4,7-8H2,1H3. The van der Waals surface area contributed by atoms with Gasteiger partial charge in [0.15, 0.2) is 0 Å². The van der Waals surface area contributed by atoms with Crippen LogP contribution in [0.2, 0.25) is 11.1 Å². The molecule has 4 heteroatoms. The molecule has 1 aromatic carbocycles. The van der Waals surface area contributed by atoms with Gasteiger partial charge in [-0.15, -0.1) is 0 Å². The zero-order valence-corrected chi connectivity index (χ0v) is 10.8. The summed E-state index contributed by atoms with van der Waals surface area (Å²) in [6, 6.07) is 7.03. The van der Waals surface area contributed by atoms with Crippen molar-refractivity contribution in [2.75, 3.05) is 6.54 Å². The maximum atomic E-state index is 11.9. The number of hydrogen-bond acceptors (Lipinski definition) is 2. The number of imide groups is 1. The Bertz CT molecular complexity index is 396. The van der Waals surface area contributed by atoms with E-state index < -0.39 is 0 Å². The van der Waals surface area contributed by atoms with Crippen LogP contribution < -0.4 is 0 Å². The third-order valence-corrected chi connectivity index (χ3v) is 4.07. The van der Waals surface area contributed by atoms with Crippen LogP contribution in [0, 0.1) is 0 Å². The molecular weight excluding hydrogens is 269 g/mol. The van der Waals surface area contributed by atoms with Gasteiger partial charge in [0.05, 0.1) is 0 Å². The third-order valence-electron chi connectivity index (χ3n) is 2.61. The second kappa shape index (κ2) is 4.81. The molecule has 1 heterocycles. The molecule has 1 aliphatic rings. The molecule has 0 bridgehead atoms. The van der Waals surface area contributed by atoms with Crippen LogP contribution >= 0.6 is 0 Å². The molecule has 0 unspecified atom stereocenters. The van der Waals surface area contributed by atoms with Crippen LogP contribution in [0.25, 0.3) is 0 Å². The number of benzene rings is 1. The molecule has 84 valence electrons. The van der Waals surface area contributed by atoms with Crippen LogP contribution in [0.1, 0.15) is 27.1 Å². The Morgan fingerprint density at radius 3 is 2.19 bits per heavy atom. The first-order chi connectivity index (χ1) is 7.75. The topological polar surface area (TPSA) is 37.4 Å². The number of carbonyl (C=O) groups excluding carboxylic acids is 2. The normalized spacial score (nSPS) is 14.4. The van der Waals surface area contributed by atoms with Gasteiger partial charge in [-0.2, -0.15) is 0 Å². The van der Waals surface area contributed by atoms with E-state index in [1.54, 1.807) is 24.3 Å². The van der Waals surface area contributed by atoms with Crippen molar-refractivity contribution in [1.29, 1.82) is 0 Å². The molecule has 0 fully saturated rings. The Kier molecular flexibility index (Phi) is 3.42. The Morgan fingerprint density at radius 1 is 1.12 bits per heavy atom. The quantitative estimate of drug-likeness (QED) is 0.480. The first-order valence-corrected chi connectivity index (χ1v) is 8.12. The van der Waals surface area contributed by atoms with Crippen LogP contribution in [-0.4, -0.2) is 38.2 Å². The van der Waals surface area contributed by atoms with E-state index in [-0.39, 0.29) is 11.8 Å². The van der Waals surface area contributed by atoms with E-state index in [4.69, 9.17) is 0 Å². The molecule has 2 amide bonds. The average molecular weight is 282 g/mol. The number of nitrogens with zero attached hydrogens (tertiary/aromatic N) is 1. The summed E-state index contributed by atoms with van der Waals surface area (Å²) in [4.78, 5) is 25.2. The average Bonchev–Trinajstić information content (AvgIpc) is 2.55. The van der Waals surface area contributed by atoms with Crippen molar-refractivity contribution in [3.05, 3.63) is 35.4 Å². The third kappa shape index (κ3) is 1.91. The Morgan fingerprint density at radius 2 is 1.69 bits per heavy atom. The summed E-state index contributed by atoms with van der Waals surface area (Å²) >= 11 is 0.610. The van der Waals surface area contributed by atoms with Crippen molar-refractivity contribution >= 4 is 26.8 Å². The molecule has 2 rings (SSSR count). The second-order valence-corrected chi connectivity index (χ2v) is 5.72. The van der Waals surface area contributed by atoms with E-state index in [0.29, 0.717) is 32.6 Å². The Balaban J connectivity index is 2.15. The first-order valence-electron chi connectivity index (χ1n) is 5.20. The van der Waals surface area contributed by atoms with Gasteiger partial charge in [0.25, 0.3) is 0 Å². The SMILES string of the molecule is C[Se]CCCN1C(=O)c2ccccc2C1=O. The molecule has 0 radical (unpaired) electrons. The van der Waals surface area contributed by atoms with Crippen LogP contribution in [-0.2, 0) is 0 Å². The predicted molar refractivity (Wildman–Crippen MR) is 62.9 cm³/mol. The summed E-state index contributed by atoms with van der Waals surface area (Å²) in [6.07, 6.45) is 0.919. The van der Waals surface area contributed by atoms with Crippen LogP contribution in [0.15, 0.2) is 24.3 Å². The molecule has 16 heavy (non-hydrogen) atoms. The zero-order valence-electron chi connectivity index (χ0n) is 9.10. The predicted octanol–water partition coefficient (Wildman–Crippen LogP) is 1.84. The second-order valence-electron chi connectivity index (χ2n) is 3.65. The van der Waals surface area contributed by atoms with E-state index in [9.17, 15) is 9.59 Å². The number of carbonyl (C=O) groups is 2. The van der Waals surface area contributed by atoms with Crippen LogP contribution in [0.5, 0.6) is 0 Å². The summed E-state index contributed by atoms with van der Waals surface area (Å²) in [5.74, 6) is 1.89. The van der Waals surface area contributed by atoms with Gasteiger partial charge in [-0.3, -0.25) is 0 Å². The molecule has 0 N–H and O–H groups in total. The Hall–Kier alpha value is -1.12. The van der Waals surface area contributed by atoms with Gasteiger partial charge in [0.1, 0.15) is 0 Å². The van der Waals surface area contributed by atoms with Gasteiger partial charge in [-0.25, -0.2) is 0 Å². The molecule has 1 aliphatic heterocycles. The van der Waals surface area contributed by atoms with Crippen LogP contribution in [0.3, 0.4) is 0 Å². The molecule has 0 saturated carbocycles. The number of fused-ring (bicyclic) bond motifs is 1. The fourth-order valence-corrected chi connectivity index (χ4v) is 2.69. The summed E-state index contributed by atoms with van der Waals surface area (Å²) in [5.41, 5.74) is 1.10. The van der Waals surface area contributed by atoms with Gasteiger partial charge in [-0.05, 0) is 0 Å². The van der Waals surface area contributed by atoms with Gasteiger partial charge in [0.2, 0.25) is 0 Å². The first kappa shape index (κ1) is 11.4. The van der Waals surface area contributed by atoms with Crippen molar-refractivity contribution in [2.45, 2.75) is 17.6 Å². The molecule has 0 atom stereocenters. The van der Waals surface area contributed by atoms with Crippen LogP contribution in [0.4, 0.5) is 0 Å². The summed E-state index contributed by atoms with van der Waals surface area (Å²) in [7, 11) is 0. The van der Waals surface area contributed by atoms with Crippen molar-refractivity contribution in [2.24, 2.45) is 0 Å². The molecule has 0 aliphatic carbocycles. The molecule has 0 spiro atoms. The van der Waals surface area contributed by atoms with E-state index >= 15 is 0 Å². The summed E-state index contributed by atoms with van der Waals surface area (Å²) < 4.78 is 0. The van der Waals surface area contributed by atoms with Gasteiger partial charge in [-0.1, -0.05) is 0 Å². The van der Waals surface area contributed by atoms with E-state index in [2.05, 4.69) is 5.82 Å². The van der Waals surface area contributed by atoms with Crippen molar-refractivity contribution in [1.82, 2.24) is 4.90 Å². The minimum absolute atomic E-state index is 0.135. The number of hydrogen-bond donors (Lipinski definition) is 0. The summed E-state index contributed by atoms with van der Waals surface area (Å²) in [5, 5.41) is 1.11. The van der Waals surface area contributed by atoms with Gasteiger partial charge < -0.3 is 0 Å². The molecule has 0 aromatic heterocycles. The van der Waals surface area contributed by atoms with Crippen molar-refractivity contribution in [3.63, 3.8) is 0 Å². The maximum absolute atomic E-state index is 11.9. The Labute approximate surface area is 101 Å². The monoisotopic (exact) mass is 283 g/mol. The van der Waals surface area contributed by atoms with E-state index in [1.807, 2.05) is 0 Å². The van der Waals surface area contributed by atoms with Crippen molar-refractivity contribution in [3.8, 4) is 0 Å². The van der Waals surface area contributed by atoms with Gasteiger partial charge >= 0.3 is 101 Å².